The maximum absolute atomic E-state index is 13.7. The minimum atomic E-state index is -3.83. The van der Waals surface area contributed by atoms with Crippen LogP contribution in [0.3, 0.4) is 0 Å². The first-order valence-electron chi connectivity index (χ1n) is 12.0. The number of amides is 2. The number of carbonyl (C=O) groups is 2. The van der Waals surface area contributed by atoms with E-state index in [-0.39, 0.29) is 24.2 Å². The summed E-state index contributed by atoms with van der Waals surface area (Å²) in [4.78, 5) is 28.1. The standard InChI is InChI=1S/C26H35N3O6S/c1-6-19(3)27-26(31)20(4)28(16-21-10-8-7-9-18(21)2)25(30)17-29(36(5,32)33)22-11-12-23-24(15-22)35-14-13-34-23/h7-12,15,19-20H,6,13-14,16-17H2,1-5H3,(H,27,31)/t19-,20-/m1/s1. The number of anilines is 1. The van der Waals surface area contributed by atoms with E-state index in [0.717, 1.165) is 28.1 Å². The number of rotatable bonds is 10. The molecule has 0 saturated heterocycles. The van der Waals surface area contributed by atoms with E-state index < -0.39 is 28.5 Å². The number of carbonyl (C=O) groups excluding carboxylic acids is 2. The lowest BCUT2D eigenvalue weighted by Crippen LogP contribution is -2.52. The van der Waals surface area contributed by atoms with Crippen LogP contribution in [0.15, 0.2) is 42.5 Å². The smallest absolute Gasteiger partial charge is 0.244 e. The number of nitrogens with one attached hydrogen (secondary N) is 1. The predicted octanol–water partition coefficient (Wildman–Crippen LogP) is 2.86. The second kappa shape index (κ2) is 11.6. The Labute approximate surface area is 213 Å². The van der Waals surface area contributed by atoms with Crippen LogP contribution in [0.1, 0.15) is 38.3 Å². The summed E-state index contributed by atoms with van der Waals surface area (Å²) in [6, 6.07) is 11.5. The van der Waals surface area contributed by atoms with Crippen LogP contribution < -0.4 is 19.1 Å². The molecule has 0 unspecified atom stereocenters. The van der Waals surface area contributed by atoms with Gasteiger partial charge in [0.05, 0.1) is 11.9 Å². The number of nitrogens with zero attached hydrogens (tertiary/aromatic N) is 2. The largest absolute Gasteiger partial charge is 0.486 e. The molecule has 0 radical (unpaired) electrons. The van der Waals surface area contributed by atoms with Gasteiger partial charge in [-0.2, -0.15) is 0 Å². The van der Waals surface area contributed by atoms with Crippen LogP contribution in [0.4, 0.5) is 5.69 Å². The number of benzene rings is 2. The summed E-state index contributed by atoms with van der Waals surface area (Å²) >= 11 is 0. The minimum absolute atomic E-state index is 0.0550. The number of fused-ring (bicyclic) bond motifs is 1. The van der Waals surface area contributed by atoms with E-state index >= 15 is 0 Å². The van der Waals surface area contributed by atoms with Gasteiger partial charge in [-0.25, -0.2) is 8.42 Å². The maximum atomic E-state index is 13.7. The first-order chi connectivity index (χ1) is 17.0. The SMILES string of the molecule is CC[C@@H](C)NC(=O)[C@@H](C)N(Cc1ccccc1C)C(=O)CN(c1ccc2c(c1)OCCO2)S(C)(=O)=O. The van der Waals surface area contributed by atoms with Crippen molar-refractivity contribution in [1.82, 2.24) is 10.2 Å². The third-order valence-electron chi connectivity index (χ3n) is 6.26. The van der Waals surface area contributed by atoms with Gasteiger partial charge in [0.15, 0.2) is 11.5 Å². The van der Waals surface area contributed by atoms with Gasteiger partial charge < -0.3 is 19.7 Å². The fraction of sp³-hybridized carbons (Fsp3) is 0.462. The van der Waals surface area contributed by atoms with E-state index in [0.29, 0.717) is 24.7 Å². The Morgan fingerprint density at radius 2 is 1.72 bits per heavy atom. The highest BCUT2D eigenvalue weighted by atomic mass is 32.2. The first-order valence-corrected chi connectivity index (χ1v) is 13.9. The van der Waals surface area contributed by atoms with Gasteiger partial charge in [-0.05, 0) is 50.5 Å². The molecular weight excluding hydrogens is 482 g/mol. The molecule has 9 nitrogen and oxygen atoms in total. The van der Waals surface area contributed by atoms with E-state index in [1.807, 2.05) is 45.0 Å². The highest BCUT2D eigenvalue weighted by Crippen LogP contribution is 2.34. The topological polar surface area (TPSA) is 105 Å². The summed E-state index contributed by atoms with van der Waals surface area (Å²) in [7, 11) is -3.83. The molecule has 1 aliphatic rings. The van der Waals surface area contributed by atoms with Crippen molar-refractivity contribution in [3.05, 3.63) is 53.6 Å². The molecule has 36 heavy (non-hydrogen) atoms. The highest BCUT2D eigenvalue weighted by Gasteiger charge is 2.31. The van der Waals surface area contributed by atoms with Gasteiger partial charge >= 0.3 is 0 Å². The van der Waals surface area contributed by atoms with Gasteiger partial charge in [-0.1, -0.05) is 31.2 Å². The van der Waals surface area contributed by atoms with Crippen molar-refractivity contribution in [2.24, 2.45) is 0 Å². The third kappa shape index (κ3) is 6.69. The van der Waals surface area contributed by atoms with Crippen molar-refractivity contribution in [1.29, 1.82) is 0 Å². The molecule has 2 aromatic rings. The third-order valence-corrected chi connectivity index (χ3v) is 7.40. The Hall–Kier alpha value is -3.27. The second-order valence-electron chi connectivity index (χ2n) is 9.04. The monoisotopic (exact) mass is 517 g/mol. The van der Waals surface area contributed by atoms with Crippen molar-refractivity contribution < 1.29 is 27.5 Å². The van der Waals surface area contributed by atoms with Gasteiger partial charge in [0, 0.05) is 18.7 Å². The van der Waals surface area contributed by atoms with Gasteiger partial charge in [-0.15, -0.1) is 0 Å². The van der Waals surface area contributed by atoms with E-state index in [1.54, 1.807) is 25.1 Å². The van der Waals surface area contributed by atoms with Gasteiger partial charge in [0.25, 0.3) is 0 Å². The summed E-state index contributed by atoms with van der Waals surface area (Å²) < 4.78 is 37.7. The van der Waals surface area contributed by atoms with Gasteiger partial charge in [0.1, 0.15) is 25.8 Å². The average molecular weight is 518 g/mol. The summed E-state index contributed by atoms with van der Waals surface area (Å²) in [6.45, 7) is 7.90. The van der Waals surface area contributed by atoms with Gasteiger partial charge in [-0.3, -0.25) is 13.9 Å². The molecule has 0 spiro atoms. The first kappa shape index (κ1) is 27.3. The molecule has 0 aliphatic carbocycles. The van der Waals surface area contributed by atoms with Crippen molar-refractivity contribution in [3.8, 4) is 11.5 Å². The van der Waals surface area contributed by atoms with Crippen LogP contribution in [0, 0.1) is 6.92 Å². The number of hydrogen-bond donors (Lipinski definition) is 1. The molecule has 1 N–H and O–H groups in total. The number of ether oxygens (including phenoxy) is 2. The average Bonchev–Trinajstić information content (AvgIpc) is 2.85. The lowest BCUT2D eigenvalue weighted by atomic mass is 10.1. The fourth-order valence-corrected chi connectivity index (χ4v) is 4.66. The summed E-state index contributed by atoms with van der Waals surface area (Å²) in [5.41, 5.74) is 2.12. The summed E-state index contributed by atoms with van der Waals surface area (Å²) in [6.07, 6.45) is 1.79. The van der Waals surface area contributed by atoms with Crippen LogP contribution >= 0.6 is 0 Å². The predicted molar refractivity (Wildman–Crippen MR) is 139 cm³/mol. The van der Waals surface area contributed by atoms with Crippen LogP contribution in [0.25, 0.3) is 0 Å². The second-order valence-corrected chi connectivity index (χ2v) is 10.9. The van der Waals surface area contributed by atoms with Crippen molar-refractivity contribution in [3.63, 3.8) is 0 Å². The lowest BCUT2D eigenvalue weighted by Gasteiger charge is -2.32. The molecule has 1 heterocycles. The zero-order valence-electron chi connectivity index (χ0n) is 21.5. The van der Waals surface area contributed by atoms with E-state index in [1.165, 1.54) is 4.90 Å². The highest BCUT2D eigenvalue weighted by molar-refractivity contribution is 7.92. The Bertz CT molecular complexity index is 1200. The zero-order chi connectivity index (χ0) is 26.5. The molecule has 0 saturated carbocycles. The van der Waals surface area contributed by atoms with Gasteiger partial charge in [0.2, 0.25) is 21.8 Å². The normalized spacial score (nSPS) is 14.5. The number of aryl methyl sites for hydroxylation is 1. The Morgan fingerprint density at radius 1 is 1.06 bits per heavy atom. The molecule has 2 amide bonds. The fourth-order valence-electron chi connectivity index (χ4n) is 3.82. The Morgan fingerprint density at radius 3 is 2.36 bits per heavy atom. The molecule has 0 aromatic heterocycles. The molecule has 10 heteroatoms. The van der Waals surface area contributed by atoms with E-state index in [4.69, 9.17) is 9.47 Å². The molecule has 2 atom stereocenters. The zero-order valence-corrected chi connectivity index (χ0v) is 22.3. The maximum Gasteiger partial charge on any atom is 0.244 e. The van der Waals surface area contributed by atoms with Crippen LogP contribution in [0.2, 0.25) is 0 Å². The van der Waals surface area contributed by atoms with Crippen LogP contribution in [-0.4, -0.2) is 63.2 Å². The van der Waals surface area contributed by atoms with Crippen molar-refractivity contribution in [2.45, 2.75) is 52.7 Å². The Kier molecular flexibility index (Phi) is 8.84. The van der Waals surface area contributed by atoms with E-state index in [2.05, 4.69) is 5.32 Å². The quantitative estimate of drug-likeness (QED) is 0.520. The van der Waals surface area contributed by atoms with E-state index in [9.17, 15) is 18.0 Å². The molecule has 1 aliphatic heterocycles. The lowest BCUT2D eigenvalue weighted by molar-refractivity contribution is -0.139. The van der Waals surface area contributed by atoms with Crippen molar-refractivity contribution in [2.75, 3.05) is 30.3 Å². The van der Waals surface area contributed by atoms with Crippen LogP contribution in [0.5, 0.6) is 11.5 Å². The van der Waals surface area contributed by atoms with Crippen LogP contribution in [-0.2, 0) is 26.2 Å². The molecule has 3 rings (SSSR count). The number of sulfonamides is 1. The minimum Gasteiger partial charge on any atom is -0.486 e. The molecule has 2 aromatic carbocycles. The molecule has 0 fully saturated rings. The molecule has 196 valence electrons. The molecular formula is C26H35N3O6S. The number of hydrogen-bond acceptors (Lipinski definition) is 6. The molecule has 0 bridgehead atoms. The van der Waals surface area contributed by atoms with Crippen molar-refractivity contribution >= 4 is 27.5 Å². The Balaban J connectivity index is 1.92. The summed E-state index contributed by atoms with van der Waals surface area (Å²) in [5.74, 6) is 0.140. The summed E-state index contributed by atoms with van der Waals surface area (Å²) in [5, 5.41) is 2.92.